The second kappa shape index (κ2) is 7.25. The number of aromatic nitrogens is 2. The zero-order valence-corrected chi connectivity index (χ0v) is 14.2. The van der Waals surface area contributed by atoms with Gasteiger partial charge in [0.15, 0.2) is 0 Å². The number of rotatable bonds is 6. The molecule has 22 heavy (non-hydrogen) atoms. The zero-order chi connectivity index (χ0) is 16.1. The molecule has 4 nitrogen and oxygen atoms in total. The normalized spacial score (nSPS) is 10.8. The van der Waals surface area contributed by atoms with Crippen molar-refractivity contribution < 1.29 is 0 Å². The largest absolute Gasteiger partial charge is 0.370 e. The Morgan fingerprint density at radius 3 is 2.50 bits per heavy atom. The highest BCUT2D eigenvalue weighted by atomic mass is 15.1. The van der Waals surface area contributed by atoms with Crippen LogP contribution in [0.3, 0.4) is 0 Å². The molecule has 0 aliphatic carbocycles. The van der Waals surface area contributed by atoms with Gasteiger partial charge in [-0.1, -0.05) is 39.0 Å². The Morgan fingerprint density at radius 1 is 1.09 bits per heavy atom. The number of hydrogen-bond donors (Lipinski definition) is 2. The SMILES string of the molecule is CCc1cccc(C)c1Nc1cc(NCC(C)C)nc(C)n1. The first-order valence-corrected chi connectivity index (χ1v) is 7.94. The van der Waals surface area contributed by atoms with E-state index in [0.717, 1.165) is 36.1 Å². The maximum Gasteiger partial charge on any atom is 0.136 e. The number of para-hydroxylation sites is 1. The molecule has 0 radical (unpaired) electrons. The maximum absolute atomic E-state index is 4.51. The molecule has 2 N–H and O–H groups in total. The third-order valence-electron chi connectivity index (χ3n) is 3.52. The predicted molar refractivity (Wildman–Crippen MR) is 93.9 cm³/mol. The summed E-state index contributed by atoms with van der Waals surface area (Å²) < 4.78 is 0. The van der Waals surface area contributed by atoms with Crippen molar-refractivity contribution >= 4 is 17.3 Å². The van der Waals surface area contributed by atoms with Crippen molar-refractivity contribution in [3.8, 4) is 0 Å². The summed E-state index contributed by atoms with van der Waals surface area (Å²) >= 11 is 0. The molecule has 1 aromatic heterocycles. The molecule has 2 aromatic rings. The molecule has 1 aromatic carbocycles. The van der Waals surface area contributed by atoms with Gasteiger partial charge in [0.1, 0.15) is 17.5 Å². The van der Waals surface area contributed by atoms with Gasteiger partial charge in [-0.05, 0) is 37.3 Å². The Balaban J connectivity index is 2.26. The number of nitrogens with one attached hydrogen (secondary N) is 2. The molecule has 0 saturated carbocycles. The van der Waals surface area contributed by atoms with Gasteiger partial charge in [-0.2, -0.15) is 0 Å². The minimum Gasteiger partial charge on any atom is -0.370 e. The van der Waals surface area contributed by atoms with Gasteiger partial charge in [-0.25, -0.2) is 9.97 Å². The smallest absolute Gasteiger partial charge is 0.136 e. The molecule has 4 heteroatoms. The lowest BCUT2D eigenvalue weighted by Gasteiger charge is -2.15. The fraction of sp³-hybridized carbons (Fsp3) is 0.444. The molecule has 0 saturated heterocycles. The minimum atomic E-state index is 0.578. The van der Waals surface area contributed by atoms with Crippen molar-refractivity contribution in [2.75, 3.05) is 17.2 Å². The molecular weight excluding hydrogens is 272 g/mol. The summed E-state index contributed by atoms with van der Waals surface area (Å²) in [5.74, 6) is 3.05. The standard InChI is InChI=1S/C18H26N4/c1-6-15-9-7-8-13(4)18(15)22-17-10-16(19-11-12(2)3)20-14(5)21-17/h7-10,12H,6,11H2,1-5H3,(H2,19,20,21,22). The van der Waals surface area contributed by atoms with Crippen molar-refractivity contribution in [1.82, 2.24) is 9.97 Å². The number of nitrogens with zero attached hydrogens (tertiary/aromatic N) is 2. The topological polar surface area (TPSA) is 49.8 Å². The Labute approximate surface area is 133 Å². The van der Waals surface area contributed by atoms with Crippen LogP contribution in [0, 0.1) is 19.8 Å². The fourth-order valence-electron chi connectivity index (χ4n) is 2.36. The Kier molecular flexibility index (Phi) is 5.36. The van der Waals surface area contributed by atoms with Gasteiger partial charge >= 0.3 is 0 Å². The lowest BCUT2D eigenvalue weighted by molar-refractivity contribution is 0.686. The van der Waals surface area contributed by atoms with E-state index in [9.17, 15) is 0 Å². The second-order valence-corrected chi connectivity index (χ2v) is 6.05. The van der Waals surface area contributed by atoms with Gasteiger partial charge < -0.3 is 10.6 Å². The van der Waals surface area contributed by atoms with Gasteiger partial charge in [0.05, 0.1) is 0 Å². The molecule has 118 valence electrons. The fourth-order valence-corrected chi connectivity index (χ4v) is 2.36. The summed E-state index contributed by atoms with van der Waals surface area (Å²) in [6.07, 6.45) is 0.993. The highest BCUT2D eigenvalue weighted by Crippen LogP contribution is 2.25. The summed E-state index contributed by atoms with van der Waals surface area (Å²) in [4.78, 5) is 8.96. The molecule has 0 aliphatic heterocycles. The summed E-state index contributed by atoms with van der Waals surface area (Å²) in [7, 11) is 0. The van der Waals surface area contributed by atoms with E-state index < -0.39 is 0 Å². The zero-order valence-electron chi connectivity index (χ0n) is 14.2. The molecule has 0 aliphatic rings. The van der Waals surface area contributed by atoms with Crippen LogP contribution in [-0.2, 0) is 6.42 Å². The summed E-state index contributed by atoms with van der Waals surface area (Å²) in [5.41, 5.74) is 3.68. The van der Waals surface area contributed by atoms with Gasteiger partial charge in [0.25, 0.3) is 0 Å². The van der Waals surface area contributed by atoms with Crippen LogP contribution in [0.15, 0.2) is 24.3 Å². The molecular formula is C18H26N4. The van der Waals surface area contributed by atoms with Gasteiger partial charge in [-0.15, -0.1) is 0 Å². The molecule has 2 rings (SSSR count). The minimum absolute atomic E-state index is 0.578. The lowest BCUT2D eigenvalue weighted by Crippen LogP contribution is -2.11. The average molecular weight is 298 g/mol. The van der Waals surface area contributed by atoms with Crippen molar-refractivity contribution in [3.05, 3.63) is 41.2 Å². The number of hydrogen-bond acceptors (Lipinski definition) is 4. The predicted octanol–water partition coefficient (Wildman–Crippen LogP) is 4.47. The van der Waals surface area contributed by atoms with Crippen molar-refractivity contribution in [1.29, 1.82) is 0 Å². The molecule has 0 amide bonds. The van der Waals surface area contributed by atoms with E-state index in [1.807, 2.05) is 13.0 Å². The average Bonchev–Trinajstić information content (AvgIpc) is 2.47. The summed E-state index contributed by atoms with van der Waals surface area (Å²) in [6, 6.07) is 8.34. The van der Waals surface area contributed by atoms with Crippen LogP contribution in [0.1, 0.15) is 37.7 Å². The number of benzene rings is 1. The van der Waals surface area contributed by atoms with E-state index in [4.69, 9.17) is 0 Å². The van der Waals surface area contributed by atoms with E-state index >= 15 is 0 Å². The van der Waals surface area contributed by atoms with E-state index in [1.54, 1.807) is 0 Å². The molecule has 0 fully saturated rings. The van der Waals surface area contributed by atoms with Gasteiger partial charge in [0.2, 0.25) is 0 Å². The van der Waals surface area contributed by atoms with E-state index in [2.05, 4.69) is 66.5 Å². The monoisotopic (exact) mass is 298 g/mol. The number of aryl methyl sites for hydroxylation is 3. The number of anilines is 3. The maximum atomic E-state index is 4.51. The van der Waals surface area contributed by atoms with E-state index in [-0.39, 0.29) is 0 Å². The van der Waals surface area contributed by atoms with Crippen LogP contribution in [-0.4, -0.2) is 16.5 Å². The van der Waals surface area contributed by atoms with Crippen LogP contribution in [0.4, 0.5) is 17.3 Å². The van der Waals surface area contributed by atoms with Crippen LogP contribution in [0.25, 0.3) is 0 Å². The quantitative estimate of drug-likeness (QED) is 0.826. The third kappa shape index (κ3) is 4.20. The lowest BCUT2D eigenvalue weighted by atomic mass is 10.1. The third-order valence-corrected chi connectivity index (χ3v) is 3.52. The molecule has 1 heterocycles. The van der Waals surface area contributed by atoms with E-state index in [0.29, 0.717) is 5.92 Å². The van der Waals surface area contributed by atoms with Crippen LogP contribution in [0.5, 0.6) is 0 Å². The van der Waals surface area contributed by atoms with Gasteiger partial charge in [0, 0.05) is 18.3 Å². The van der Waals surface area contributed by atoms with Gasteiger partial charge in [-0.3, -0.25) is 0 Å². The summed E-state index contributed by atoms with van der Waals surface area (Å²) in [6.45, 7) is 11.5. The molecule has 0 bridgehead atoms. The Morgan fingerprint density at radius 2 is 1.82 bits per heavy atom. The van der Waals surface area contributed by atoms with Crippen molar-refractivity contribution in [3.63, 3.8) is 0 Å². The van der Waals surface area contributed by atoms with Crippen LogP contribution < -0.4 is 10.6 Å². The van der Waals surface area contributed by atoms with E-state index in [1.165, 1.54) is 11.1 Å². The highest BCUT2D eigenvalue weighted by molar-refractivity contribution is 5.66. The molecule has 0 unspecified atom stereocenters. The highest BCUT2D eigenvalue weighted by Gasteiger charge is 2.07. The Bertz CT molecular complexity index is 635. The van der Waals surface area contributed by atoms with Crippen molar-refractivity contribution in [2.45, 2.75) is 41.0 Å². The first-order chi connectivity index (χ1) is 10.5. The molecule has 0 atom stereocenters. The first-order valence-electron chi connectivity index (χ1n) is 7.94. The van der Waals surface area contributed by atoms with Crippen molar-refractivity contribution in [2.24, 2.45) is 5.92 Å². The summed E-state index contributed by atoms with van der Waals surface area (Å²) in [5, 5.41) is 6.83. The van der Waals surface area contributed by atoms with Crippen LogP contribution in [0.2, 0.25) is 0 Å². The van der Waals surface area contributed by atoms with Crippen LogP contribution >= 0.6 is 0 Å². The second-order valence-electron chi connectivity index (χ2n) is 6.05. The Hall–Kier alpha value is -2.10. The first kappa shape index (κ1) is 16.3. The molecule has 0 spiro atoms.